The first kappa shape index (κ1) is 15.4. The van der Waals surface area contributed by atoms with Gasteiger partial charge in [-0.25, -0.2) is 0 Å². The monoisotopic (exact) mass is 256 g/mol. The number of amides is 1. The number of rotatable bonds is 6. The van der Waals surface area contributed by atoms with E-state index in [0.717, 1.165) is 45.8 Å². The quantitative estimate of drug-likeness (QED) is 0.698. The summed E-state index contributed by atoms with van der Waals surface area (Å²) in [5, 5.41) is 3.07. The van der Waals surface area contributed by atoms with Crippen molar-refractivity contribution in [2.24, 2.45) is 5.92 Å². The fraction of sp³-hybridized carbons (Fsp3) is 0.923. The topological polar surface area (TPSA) is 38.8 Å². The Morgan fingerprint density at radius 3 is 2.39 bits per heavy atom. The van der Waals surface area contributed by atoms with Crippen molar-refractivity contribution in [3.05, 3.63) is 0 Å². The minimum atomic E-state index is 0.0864. The van der Waals surface area contributed by atoms with Gasteiger partial charge >= 0.3 is 0 Å². The average Bonchev–Trinajstić information content (AvgIpc) is 2.36. The minimum absolute atomic E-state index is 0.0864. The molecule has 0 saturated carbocycles. The van der Waals surface area contributed by atoms with Crippen LogP contribution in [0.4, 0.5) is 0 Å². The van der Waals surface area contributed by atoms with Crippen LogP contribution in [0.2, 0.25) is 0 Å². The Morgan fingerprint density at radius 1 is 1.28 bits per heavy atom. The van der Waals surface area contributed by atoms with Crippen molar-refractivity contribution in [3.63, 3.8) is 0 Å². The molecule has 1 atom stereocenters. The van der Waals surface area contributed by atoms with Crippen molar-refractivity contribution in [1.82, 2.24) is 20.0 Å². The van der Waals surface area contributed by atoms with Crippen molar-refractivity contribution in [2.75, 3.05) is 67.0 Å². The van der Waals surface area contributed by atoms with Gasteiger partial charge in [0.25, 0.3) is 0 Å². The molecular formula is C13H28N4O. The lowest BCUT2D eigenvalue weighted by Gasteiger charge is -2.36. The maximum absolute atomic E-state index is 12.1. The van der Waals surface area contributed by atoms with E-state index in [4.69, 9.17) is 0 Å². The van der Waals surface area contributed by atoms with E-state index in [2.05, 4.69) is 29.2 Å². The van der Waals surface area contributed by atoms with Gasteiger partial charge in [-0.1, -0.05) is 6.92 Å². The highest BCUT2D eigenvalue weighted by atomic mass is 16.2. The second-order valence-electron chi connectivity index (χ2n) is 5.43. The summed E-state index contributed by atoms with van der Waals surface area (Å²) in [6.45, 7) is 8.71. The molecule has 5 heteroatoms. The third kappa shape index (κ3) is 4.92. The van der Waals surface area contributed by atoms with Gasteiger partial charge in [0.05, 0.1) is 0 Å². The molecule has 18 heavy (non-hydrogen) atoms. The number of nitrogens with one attached hydrogen (secondary N) is 1. The highest BCUT2D eigenvalue weighted by molar-refractivity contribution is 5.78. The molecule has 106 valence electrons. The number of nitrogens with zero attached hydrogens (tertiary/aromatic N) is 3. The zero-order chi connectivity index (χ0) is 13.5. The number of likely N-dealkylation sites (N-methyl/N-ethyl adjacent to an activating group) is 1. The van der Waals surface area contributed by atoms with E-state index in [-0.39, 0.29) is 11.8 Å². The van der Waals surface area contributed by atoms with Gasteiger partial charge < -0.3 is 15.1 Å². The molecule has 1 saturated heterocycles. The van der Waals surface area contributed by atoms with Gasteiger partial charge in [0, 0.05) is 51.7 Å². The van der Waals surface area contributed by atoms with Crippen LogP contribution in [0.1, 0.15) is 6.92 Å². The molecule has 1 N–H and O–H groups in total. The molecule has 0 spiro atoms. The lowest BCUT2D eigenvalue weighted by atomic mass is 10.1. The molecule has 1 aliphatic rings. The Kier molecular flexibility index (Phi) is 6.60. The standard InChI is InChI=1S/C13H28N4O/c1-12(11-14-2)13(18)17-9-7-16(8-10-17)6-5-15(3)4/h12,14H,5-11H2,1-4H3. The molecule has 0 aromatic heterocycles. The molecule has 1 rings (SSSR count). The summed E-state index contributed by atoms with van der Waals surface area (Å²) in [6, 6.07) is 0. The molecule has 1 aliphatic heterocycles. The third-order valence-electron chi connectivity index (χ3n) is 3.48. The van der Waals surface area contributed by atoms with Gasteiger partial charge in [-0.3, -0.25) is 9.69 Å². The van der Waals surface area contributed by atoms with Crippen LogP contribution in [0.5, 0.6) is 0 Å². The molecule has 0 bridgehead atoms. The highest BCUT2D eigenvalue weighted by Gasteiger charge is 2.24. The van der Waals surface area contributed by atoms with Gasteiger partial charge in [-0.2, -0.15) is 0 Å². The molecule has 0 aliphatic carbocycles. The smallest absolute Gasteiger partial charge is 0.226 e. The Morgan fingerprint density at radius 2 is 1.89 bits per heavy atom. The normalized spacial score (nSPS) is 19.3. The number of carbonyl (C=O) groups excluding carboxylic acids is 1. The van der Waals surface area contributed by atoms with Gasteiger partial charge in [0.1, 0.15) is 0 Å². The van der Waals surface area contributed by atoms with Gasteiger partial charge in [0.15, 0.2) is 0 Å². The van der Waals surface area contributed by atoms with E-state index in [0.29, 0.717) is 0 Å². The molecular weight excluding hydrogens is 228 g/mol. The highest BCUT2D eigenvalue weighted by Crippen LogP contribution is 2.07. The van der Waals surface area contributed by atoms with E-state index < -0.39 is 0 Å². The van der Waals surface area contributed by atoms with Gasteiger partial charge in [-0.15, -0.1) is 0 Å². The predicted molar refractivity (Wildman–Crippen MR) is 74.7 cm³/mol. The molecule has 0 aromatic carbocycles. The summed E-state index contributed by atoms with van der Waals surface area (Å²) in [6.07, 6.45) is 0. The van der Waals surface area contributed by atoms with Crippen LogP contribution >= 0.6 is 0 Å². The molecule has 1 fully saturated rings. The van der Waals surface area contributed by atoms with Crippen LogP contribution in [-0.4, -0.2) is 87.6 Å². The van der Waals surface area contributed by atoms with E-state index in [1.54, 1.807) is 0 Å². The van der Waals surface area contributed by atoms with E-state index >= 15 is 0 Å². The van der Waals surface area contributed by atoms with Crippen LogP contribution < -0.4 is 5.32 Å². The Balaban J connectivity index is 2.28. The second-order valence-corrected chi connectivity index (χ2v) is 5.43. The fourth-order valence-electron chi connectivity index (χ4n) is 2.24. The van der Waals surface area contributed by atoms with E-state index in [9.17, 15) is 4.79 Å². The Labute approximate surface area is 111 Å². The summed E-state index contributed by atoms with van der Waals surface area (Å²) >= 11 is 0. The van der Waals surface area contributed by atoms with Crippen LogP contribution in [0.3, 0.4) is 0 Å². The molecule has 1 amide bonds. The maximum Gasteiger partial charge on any atom is 0.226 e. The summed E-state index contributed by atoms with van der Waals surface area (Å²) in [4.78, 5) is 18.8. The van der Waals surface area contributed by atoms with Gasteiger partial charge in [-0.05, 0) is 21.1 Å². The van der Waals surface area contributed by atoms with E-state index in [1.807, 2.05) is 18.9 Å². The van der Waals surface area contributed by atoms with Crippen molar-refractivity contribution in [1.29, 1.82) is 0 Å². The van der Waals surface area contributed by atoms with Gasteiger partial charge in [0.2, 0.25) is 5.91 Å². The largest absolute Gasteiger partial charge is 0.340 e. The summed E-state index contributed by atoms with van der Waals surface area (Å²) in [5.41, 5.74) is 0. The van der Waals surface area contributed by atoms with Crippen molar-refractivity contribution >= 4 is 5.91 Å². The summed E-state index contributed by atoms with van der Waals surface area (Å²) < 4.78 is 0. The maximum atomic E-state index is 12.1. The Hall–Kier alpha value is -0.650. The third-order valence-corrected chi connectivity index (χ3v) is 3.48. The summed E-state index contributed by atoms with van der Waals surface area (Å²) in [5.74, 6) is 0.375. The van der Waals surface area contributed by atoms with E-state index in [1.165, 1.54) is 0 Å². The number of piperazine rings is 1. The Bertz CT molecular complexity index is 249. The molecule has 0 radical (unpaired) electrons. The lowest BCUT2D eigenvalue weighted by molar-refractivity contribution is -0.136. The van der Waals surface area contributed by atoms with Crippen molar-refractivity contribution in [3.8, 4) is 0 Å². The molecule has 0 aromatic rings. The number of hydrogen-bond donors (Lipinski definition) is 1. The van der Waals surface area contributed by atoms with Crippen LogP contribution in [0, 0.1) is 5.92 Å². The molecule has 1 heterocycles. The molecule has 5 nitrogen and oxygen atoms in total. The SMILES string of the molecule is CNCC(C)C(=O)N1CCN(CCN(C)C)CC1. The first-order valence-corrected chi connectivity index (χ1v) is 6.85. The van der Waals surface area contributed by atoms with Crippen molar-refractivity contribution in [2.45, 2.75) is 6.92 Å². The first-order valence-electron chi connectivity index (χ1n) is 6.85. The van der Waals surface area contributed by atoms with Crippen LogP contribution in [0.15, 0.2) is 0 Å². The predicted octanol–water partition coefficient (Wildman–Crippen LogP) is -0.452. The first-order chi connectivity index (χ1) is 8.54. The minimum Gasteiger partial charge on any atom is -0.340 e. The fourth-order valence-corrected chi connectivity index (χ4v) is 2.24. The number of carbonyl (C=O) groups is 1. The van der Waals surface area contributed by atoms with Crippen LogP contribution in [0.25, 0.3) is 0 Å². The number of hydrogen-bond acceptors (Lipinski definition) is 4. The zero-order valence-corrected chi connectivity index (χ0v) is 12.3. The van der Waals surface area contributed by atoms with Crippen LogP contribution in [-0.2, 0) is 4.79 Å². The lowest BCUT2D eigenvalue weighted by Crippen LogP contribution is -2.51. The molecule has 1 unspecified atom stereocenters. The average molecular weight is 256 g/mol. The summed E-state index contributed by atoms with van der Waals surface area (Å²) in [7, 11) is 6.08. The van der Waals surface area contributed by atoms with Crippen molar-refractivity contribution < 1.29 is 4.79 Å². The zero-order valence-electron chi connectivity index (χ0n) is 12.3. The second kappa shape index (κ2) is 7.71.